The van der Waals surface area contributed by atoms with Crippen molar-refractivity contribution in [2.24, 2.45) is 10.7 Å². The maximum atomic E-state index is 5.62. The number of nitrogens with one attached hydrogen (secondary N) is 1. The Morgan fingerprint density at radius 2 is 2.29 bits per heavy atom. The summed E-state index contributed by atoms with van der Waals surface area (Å²) in [6, 6.07) is 2.04. The van der Waals surface area contributed by atoms with E-state index in [0.29, 0.717) is 23.6 Å². The van der Waals surface area contributed by atoms with Gasteiger partial charge in [0.2, 0.25) is 11.8 Å². The molecule has 0 atom stereocenters. The molecule has 3 N–H and O–H groups in total. The topological polar surface area (TPSA) is 88.7 Å². The summed E-state index contributed by atoms with van der Waals surface area (Å²) in [6.45, 7) is 2.16. The monoisotopic (exact) mass is 290 g/mol. The van der Waals surface area contributed by atoms with E-state index in [2.05, 4.69) is 32.2 Å². The molecule has 1 saturated heterocycles. The van der Waals surface area contributed by atoms with Gasteiger partial charge in [-0.2, -0.15) is 4.98 Å². The first-order chi connectivity index (χ1) is 10.2. The SMILES string of the molecule is COc1ccnc(NC(C=NC2CCN(C)CC2)=CN)n1. The van der Waals surface area contributed by atoms with Gasteiger partial charge in [-0.3, -0.25) is 4.99 Å². The molecule has 0 amide bonds. The molecule has 21 heavy (non-hydrogen) atoms. The lowest BCUT2D eigenvalue weighted by Crippen LogP contribution is -2.32. The standard InChI is InChI=1S/C14H22N6O/c1-20-7-4-11(5-8-20)17-10-12(9-15)18-14-16-6-3-13(19-14)21-2/h3,6,9-11H,4-5,7-8,15H2,1-2H3,(H,16,18,19). The van der Waals surface area contributed by atoms with Crippen molar-refractivity contribution in [3.05, 3.63) is 24.2 Å². The fourth-order valence-corrected chi connectivity index (χ4v) is 2.09. The molecule has 7 nitrogen and oxygen atoms in total. The highest BCUT2D eigenvalue weighted by molar-refractivity contribution is 5.82. The maximum Gasteiger partial charge on any atom is 0.230 e. The first-order valence-corrected chi connectivity index (χ1v) is 6.99. The van der Waals surface area contributed by atoms with Gasteiger partial charge in [-0.05, 0) is 33.0 Å². The van der Waals surface area contributed by atoms with E-state index in [1.807, 2.05) is 0 Å². The maximum absolute atomic E-state index is 5.62. The molecule has 0 spiro atoms. The van der Waals surface area contributed by atoms with Gasteiger partial charge in [0.1, 0.15) is 0 Å². The fraction of sp³-hybridized carbons (Fsp3) is 0.500. The number of nitrogens with two attached hydrogens (primary N) is 1. The van der Waals surface area contributed by atoms with Crippen LogP contribution < -0.4 is 15.8 Å². The Labute approximate surface area is 124 Å². The van der Waals surface area contributed by atoms with Crippen molar-refractivity contribution in [3.8, 4) is 5.88 Å². The normalized spacial score (nSPS) is 18.1. The van der Waals surface area contributed by atoms with Crippen molar-refractivity contribution in [2.75, 3.05) is 32.6 Å². The van der Waals surface area contributed by atoms with E-state index in [4.69, 9.17) is 10.5 Å². The van der Waals surface area contributed by atoms with Gasteiger partial charge in [-0.15, -0.1) is 0 Å². The highest BCUT2D eigenvalue weighted by atomic mass is 16.5. The summed E-state index contributed by atoms with van der Waals surface area (Å²) in [5, 5.41) is 3.03. The number of aliphatic imine (C=N–C) groups is 1. The number of likely N-dealkylation sites (tertiary alicyclic amines) is 1. The summed E-state index contributed by atoms with van der Waals surface area (Å²) in [5.74, 6) is 0.928. The third-order valence-corrected chi connectivity index (χ3v) is 3.39. The van der Waals surface area contributed by atoms with Gasteiger partial charge in [0.25, 0.3) is 0 Å². The number of methoxy groups -OCH3 is 1. The Morgan fingerprint density at radius 1 is 1.52 bits per heavy atom. The minimum atomic E-state index is 0.351. The van der Waals surface area contributed by atoms with Crippen molar-refractivity contribution in [1.29, 1.82) is 0 Å². The number of hydrogen-bond acceptors (Lipinski definition) is 7. The van der Waals surface area contributed by atoms with Crippen LogP contribution in [0.1, 0.15) is 12.8 Å². The molecule has 0 bridgehead atoms. The largest absolute Gasteiger partial charge is 0.481 e. The molecule has 0 unspecified atom stereocenters. The van der Waals surface area contributed by atoms with Gasteiger partial charge in [-0.25, -0.2) is 4.98 Å². The first-order valence-electron chi connectivity index (χ1n) is 6.99. The van der Waals surface area contributed by atoms with Gasteiger partial charge in [0.05, 0.1) is 18.8 Å². The van der Waals surface area contributed by atoms with E-state index >= 15 is 0 Å². The van der Waals surface area contributed by atoms with E-state index in [-0.39, 0.29) is 0 Å². The number of rotatable bonds is 5. The number of aromatic nitrogens is 2. The molecule has 0 aromatic carbocycles. The van der Waals surface area contributed by atoms with Crippen LogP contribution in [0.15, 0.2) is 29.2 Å². The lowest BCUT2D eigenvalue weighted by molar-refractivity contribution is 0.257. The quantitative estimate of drug-likeness (QED) is 0.782. The van der Waals surface area contributed by atoms with Crippen LogP contribution in [0.25, 0.3) is 0 Å². The Bertz CT molecular complexity index is 508. The van der Waals surface area contributed by atoms with Crippen LogP contribution in [0.4, 0.5) is 5.95 Å². The van der Waals surface area contributed by atoms with Crippen LogP contribution in [-0.2, 0) is 0 Å². The minimum Gasteiger partial charge on any atom is -0.481 e. The van der Waals surface area contributed by atoms with Crippen molar-refractivity contribution in [2.45, 2.75) is 18.9 Å². The molecule has 0 aliphatic carbocycles. The van der Waals surface area contributed by atoms with E-state index in [1.165, 1.54) is 6.20 Å². The second-order valence-corrected chi connectivity index (χ2v) is 4.98. The molecule has 1 fully saturated rings. The molecule has 114 valence electrons. The number of hydrogen-bond donors (Lipinski definition) is 2. The average molecular weight is 290 g/mol. The van der Waals surface area contributed by atoms with E-state index in [9.17, 15) is 0 Å². The summed E-state index contributed by atoms with van der Waals surface area (Å²) < 4.78 is 5.06. The number of nitrogens with zero attached hydrogens (tertiary/aromatic N) is 4. The van der Waals surface area contributed by atoms with Gasteiger partial charge >= 0.3 is 0 Å². The molecule has 0 saturated carbocycles. The minimum absolute atomic E-state index is 0.351. The molecule has 1 aliphatic rings. The van der Waals surface area contributed by atoms with Gasteiger partial charge < -0.3 is 20.7 Å². The zero-order chi connectivity index (χ0) is 15.1. The van der Waals surface area contributed by atoms with Crippen LogP contribution >= 0.6 is 0 Å². The molecular weight excluding hydrogens is 268 g/mol. The predicted octanol–water partition coefficient (Wildman–Crippen LogP) is 0.862. The third-order valence-electron chi connectivity index (χ3n) is 3.39. The third kappa shape index (κ3) is 4.71. The van der Waals surface area contributed by atoms with E-state index in [0.717, 1.165) is 25.9 Å². The zero-order valence-electron chi connectivity index (χ0n) is 12.5. The van der Waals surface area contributed by atoms with Crippen LogP contribution in [0.2, 0.25) is 0 Å². The molecule has 0 radical (unpaired) electrons. The Balaban J connectivity index is 1.94. The Kier molecular flexibility index (Phi) is 5.51. The lowest BCUT2D eigenvalue weighted by Gasteiger charge is -2.26. The van der Waals surface area contributed by atoms with Gasteiger partial charge in [0.15, 0.2) is 0 Å². The Morgan fingerprint density at radius 3 is 2.95 bits per heavy atom. The van der Waals surface area contributed by atoms with Crippen LogP contribution in [0.3, 0.4) is 0 Å². The average Bonchev–Trinajstić information content (AvgIpc) is 2.53. The van der Waals surface area contributed by atoms with Crippen molar-refractivity contribution >= 4 is 12.2 Å². The lowest BCUT2D eigenvalue weighted by atomic mass is 10.1. The molecule has 1 aromatic heterocycles. The summed E-state index contributed by atoms with van der Waals surface area (Å²) in [4.78, 5) is 15.2. The molecule has 7 heteroatoms. The predicted molar refractivity (Wildman–Crippen MR) is 83.5 cm³/mol. The molecular formula is C14H22N6O. The van der Waals surface area contributed by atoms with E-state index in [1.54, 1.807) is 25.6 Å². The van der Waals surface area contributed by atoms with Crippen molar-refractivity contribution < 1.29 is 4.74 Å². The van der Waals surface area contributed by atoms with Crippen LogP contribution in [-0.4, -0.2) is 54.4 Å². The second kappa shape index (κ2) is 7.58. The van der Waals surface area contributed by atoms with E-state index < -0.39 is 0 Å². The van der Waals surface area contributed by atoms with Gasteiger partial charge in [-0.1, -0.05) is 0 Å². The smallest absolute Gasteiger partial charge is 0.230 e. The summed E-state index contributed by atoms with van der Waals surface area (Å²) >= 11 is 0. The first kappa shape index (κ1) is 15.2. The Hall–Kier alpha value is -2.15. The zero-order valence-corrected chi connectivity index (χ0v) is 12.5. The molecule has 2 heterocycles. The highest BCUT2D eigenvalue weighted by Gasteiger charge is 2.14. The summed E-state index contributed by atoms with van der Waals surface area (Å²) in [5.41, 5.74) is 6.29. The summed E-state index contributed by atoms with van der Waals surface area (Å²) in [6.07, 6.45) is 6.97. The van der Waals surface area contributed by atoms with Crippen molar-refractivity contribution in [3.63, 3.8) is 0 Å². The van der Waals surface area contributed by atoms with Crippen molar-refractivity contribution in [1.82, 2.24) is 14.9 Å². The van der Waals surface area contributed by atoms with Crippen LogP contribution in [0, 0.1) is 0 Å². The summed E-state index contributed by atoms with van der Waals surface area (Å²) in [7, 11) is 3.69. The van der Waals surface area contributed by atoms with Crippen LogP contribution in [0.5, 0.6) is 5.88 Å². The van der Waals surface area contributed by atoms with Gasteiger partial charge in [0, 0.05) is 24.7 Å². The number of anilines is 1. The number of allylic oxidation sites excluding steroid dienone is 1. The molecule has 1 aromatic rings. The number of piperidine rings is 1. The number of ether oxygens (including phenoxy) is 1. The highest BCUT2D eigenvalue weighted by Crippen LogP contribution is 2.12. The molecule has 1 aliphatic heterocycles. The second-order valence-electron chi connectivity index (χ2n) is 4.98. The fourth-order valence-electron chi connectivity index (χ4n) is 2.09. The molecule has 2 rings (SSSR count).